The molecule has 28 heavy (non-hydrogen) atoms. The molecule has 0 aliphatic carbocycles. The maximum atomic E-state index is 13.2. The standard InChI is InChI=1S/C19H14FIN2O4S/c1-26-15-9-10(8-14(21)16(15)27-2)7-13-17(24)22-19(28)23(18(13)25)12-5-3-11(20)4-6-12/h3-9H,1-2H3,(H,22,24,28)/b13-7+. The fourth-order valence-electron chi connectivity index (χ4n) is 2.67. The number of hydrogen-bond donors (Lipinski definition) is 1. The fraction of sp³-hybridized carbons (Fsp3) is 0.105. The number of nitrogens with one attached hydrogen (secondary N) is 1. The van der Waals surface area contributed by atoms with Gasteiger partial charge in [0.25, 0.3) is 11.8 Å². The predicted molar refractivity (Wildman–Crippen MR) is 115 cm³/mol. The molecule has 1 fully saturated rings. The molecule has 2 aromatic rings. The third kappa shape index (κ3) is 3.85. The highest BCUT2D eigenvalue weighted by molar-refractivity contribution is 14.1. The van der Waals surface area contributed by atoms with Crippen molar-refractivity contribution in [3.05, 3.63) is 56.9 Å². The van der Waals surface area contributed by atoms with Crippen molar-refractivity contribution in [1.29, 1.82) is 0 Å². The molecule has 0 spiro atoms. The average molecular weight is 512 g/mol. The molecular weight excluding hydrogens is 498 g/mol. The Hall–Kier alpha value is -2.53. The second kappa shape index (κ2) is 8.23. The summed E-state index contributed by atoms with van der Waals surface area (Å²) in [7, 11) is 3.02. The Labute approximate surface area is 179 Å². The maximum Gasteiger partial charge on any atom is 0.270 e. The Bertz CT molecular complexity index is 1010. The number of thiocarbonyl (C=S) groups is 1. The van der Waals surface area contributed by atoms with Crippen LogP contribution in [0.3, 0.4) is 0 Å². The number of halogens is 2. The summed E-state index contributed by atoms with van der Waals surface area (Å²) in [5.41, 5.74) is 0.817. The van der Waals surface area contributed by atoms with E-state index < -0.39 is 17.6 Å². The SMILES string of the molecule is COc1cc(/C=C2\C(=O)NC(=S)N(c3ccc(F)cc3)C2=O)cc(I)c1OC. The van der Waals surface area contributed by atoms with E-state index in [4.69, 9.17) is 21.7 Å². The highest BCUT2D eigenvalue weighted by atomic mass is 127. The topological polar surface area (TPSA) is 67.9 Å². The number of hydrogen-bond acceptors (Lipinski definition) is 5. The van der Waals surface area contributed by atoms with Crippen LogP contribution in [-0.4, -0.2) is 31.1 Å². The van der Waals surface area contributed by atoms with Crippen LogP contribution in [-0.2, 0) is 9.59 Å². The summed E-state index contributed by atoms with van der Waals surface area (Å²) in [6, 6.07) is 8.65. The third-order valence-electron chi connectivity index (χ3n) is 3.95. The van der Waals surface area contributed by atoms with E-state index >= 15 is 0 Å². The van der Waals surface area contributed by atoms with E-state index in [0.29, 0.717) is 22.7 Å². The van der Waals surface area contributed by atoms with Crippen molar-refractivity contribution in [3.8, 4) is 11.5 Å². The molecule has 1 aliphatic rings. The first-order chi connectivity index (χ1) is 13.3. The average Bonchev–Trinajstić information content (AvgIpc) is 2.66. The second-order valence-corrected chi connectivity index (χ2v) is 7.22. The molecule has 1 heterocycles. The number of rotatable bonds is 4. The Morgan fingerprint density at radius 1 is 1.14 bits per heavy atom. The summed E-state index contributed by atoms with van der Waals surface area (Å²) in [5.74, 6) is -0.642. The van der Waals surface area contributed by atoms with Crippen molar-refractivity contribution in [2.75, 3.05) is 19.1 Å². The lowest BCUT2D eigenvalue weighted by Crippen LogP contribution is -2.54. The van der Waals surface area contributed by atoms with E-state index in [1.807, 2.05) is 0 Å². The normalized spacial score (nSPS) is 15.6. The summed E-state index contributed by atoms with van der Waals surface area (Å²) in [6.45, 7) is 0. The fourth-order valence-corrected chi connectivity index (χ4v) is 3.80. The molecule has 0 aromatic heterocycles. The van der Waals surface area contributed by atoms with Gasteiger partial charge in [0, 0.05) is 0 Å². The molecule has 9 heteroatoms. The van der Waals surface area contributed by atoms with Gasteiger partial charge in [0.2, 0.25) is 0 Å². The Kier molecular flexibility index (Phi) is 5.94. The molecule has 0 bridgehead atoms. The van der Waals surface area contributed by atoms with Gasteiger partial charge in [-0.3, -0.25) is 19.8 Å². The zero-order valence-corrected chi connectivity index (χ0v) is 17.8. The number of amides is 2. The lowest BCUT2D eigenvalue weighted by Gasteiger charge is -2.28. The van der Waals surface area contributed by atoms with Crippen molar-refractivity contribution in [2.45, 2.75) is 0 Å². The molecule has 0 saturated carbocycles. The number of carbonyl (C=O) groups excluding carboxylic acids is 2. The monoisotopic (exact) mass is 512 g/mol. The third-order valence-corrected chi connectivity index (χ3v) is 5.04. The zero-order chi connectivity index (χ0) is 20.4. The van der Waals surface area contributed by atoms with Crippen LogP contribution in [0.4, 0.5) is 10.1 Å². The van der Waals surface area contributed by atoms with E-state index in [-0.39, 0.29) is 10.7 Å². The molecule has 1 N–H and O–H groups in total. The van der Waals surface area contributed by atoms with Gasteiger partial charge < -0.3 is 9.47 Å². The molecule has 1 saturated heterocycles. The molecule has 2 aromatic carbocycles. The molecule has 1 aliphatic heterocycles. The van der Waals surface area contributed by atoms with E-state index in [9.17, 15) is 14.0 Å². The van der Waals surface area contributed by atoms with Gasteiger partial charge in [-0.25, -0.2) is 4.39 Å². The van der Waals surface area contributed by atoms with Crippen molar-refractivity contribution in [2.24, 2.45) is 0 Å². The first kappa shape index (κ1) is 20.2. The van der Waals surface area contributed by atoms with Crippen LogP contribution in [0.5, 0.6) is 11.5 Å². The molecular formula is C19H14FIN2O4S. The van der Waals surface area contributed by atoms with Gasteiger partial charge in [-0.05, 0) is 82.8 Å². The lowest BCUT2D eigenvalue weighted by molar-refractivity contribution is -0.122. The number of benzene rings is 2. The Morgan fingerprint density at radius 2 is 1.82 bits per heavy atom. The van der Waals surface area contributed by atoms with E-state index in [1.165, 1.54) is 44.6 Å². The number of carbonyl (C=O) groups is 2. The minimum absolute atomic E-state index is 0.0688. The van der Waals surface area contributed by atoms with Crippen LogP contribution >= 0.6 is 34.8 Å². The van der Waals surface area contributed by atoms with Gasteiger partial charge in [-0.1, -0.05) is 0 Å². The van der Waals surface area contributed by atoms with Gasteiger partial charge in [-0.15, -0.1) is 0 Å². The summed E-state index contributed by atoms with van der Waals surface area (Å²) < 4.78 is 24.6. The molecule has 3 rings (SSSR count). The Balaban J connectivity index is 2.04. The van der Waals surface area contributed by atoms with Gasteiger partial charge in [0.15, 0.2) is 16.6 Å². The maximum absolute atomic E-state index is 13.2. The van der Waals surface area contributed by atoms with Crippen LogP contribution in [0.25, 0.3) is 6.08 Å². The summed E-state index contributed by atoms with van der Waals surface area (Å²) in [5, 5.41) is 2.42. The van der Waals surface area contributed by atoms with Crippen LogP contribution in [0.2, 0.25) is 0 Å². The molecule has 0 unspecified atom stereocenters. The lowest BCUT2D eigenvalue weighted by atomic mass is 10.1. The minimum atomic E-state index is -0.613. The molecule has 6 nitrogen and oxygen atoms in total. The van der Waals surface area contributed by atoms with Crippen LogP contribution in [0, 0.1) is 9.39 Å². The number of ether oxygens (including phenoxy) is 2. The van der Waals surface area contributed by atoms with Gasteiger partial charge in [0.05, 0.1) is 23.5 Å². The minimum Gasteiger partial charge on any atom is -0.493 e. The van der Waals surface area contributed by atoms with Crippen LogP contribution < -0.4 is 19.7 Å². The molecule has 144 valence electrons. The van der Waals surface area contributed by atoms with Gasteiger partial charge in [-0.2, -0.15) is 0 Å². The number of nitrogens with zero attached hydrogens (tertiary/aromatic N) is 1. The van der Waals surface area contributed by atoms with Crippen LogP contribution in [0.15, 0.2) is 42.0 Å². The smallest absolute Gasteiger partial charge is 0.270 e. The first-order valence-electron chi connectivity index (χ1n) is 7.94. The van der Waals surface area contributed by atoms with E-state index in [0.717, 1.165) is 8.47 Å². The van der Waals surface area contributed by atoms with Crippen LogP contribution in [0.1, 0.15) is 5.56 Å². The van der Waals surface area contributed by atoms with Crippen molar-refractivity contribution in [1.82, 2.24) is 5.32 Å². The molecule has 0 radical (unpaired) electrons. The molecule has 2 amide bonds. The highest BCUT2D eigenvalue weighted by Gasteiger charge is 2.34. The second-order valence-electron chi connectivity index (χ2n) is 5.67. The van der Waals surface area contributed by atoms with E-state index in [1.54, 1.807) is 12.1 Å². The Morgan fingerprint density at radius 3 is 2.43 bits per heavy atom. The zero-order valence-electron chi connectivity index (χ0n) is 14.8. The predicted octanol–water partition coefficient (Wildman–Crippen LogP) is 3.28. The van der Waals surface area contributed by atoms with E-state index in [2.05, 4.69) is 27.9 Å². The number of methoxy groups -OCH3 is 2. The van der Waals surface area contributed by atoms with Gasteiger partial charge >= 0.3 is 0 Å². The van der Waals surface area contributed by atoms with Crippen molar-refractivity contribution < 1.29 is 23.5 Å². The van der Waals surface area contributed by atoms with Crippen molar-refractivity contribution in [3.63, 3.8) is 0 Å². The summed E-state index contributed by atoms with van der Waals surface area (Å²) >= 11 is 7.19. The highest BCUT2D eigenvalue weighted by Crippen LogP contribution is 2.34. The first-order valence-corrected chi connectivity index (χ1v) is 9.43. The van der Waals surface area contributed by atoms with Gasteiger partial charge in [0.1, 0.15) is 11.4 Å². The molecule has 0 atom stereocenters. The quantitative estimate of drug-likeness (QED) is 0.295. The largest absolute Gasteiger partial charge is 0.493 e. The summed E-state index contributed by atoms with van der Waals surface area (Å²) in [4.78, 5) is 26.5. The van der Waals surface area contributed by atoms with Crippen molar-refractivity contribution >= 4 is 63.5 Å². The summed E-state index contributed by atoms with van der Waals surface area (Å²) in [6.07, 6.45) is 1.44. The number of anilines is 1.